The highest BCUT2D eigenvalue weighted by molar-refractivity contribution is 6.13. The van der Waals surface area contributed by atoms with E-state index in [4.69, 9.17) is 9.68 Å². The summed E-state index contributed by atoms with van der Waals surface area (Å²) in [6.45, 7) is 10.1. The molecule has 0 atom stereocenters. The summed E-state index contributed by atoms with van der Waals surface area (Å²) in [5.41, 5.74) is 6.21. The lowest BCUT2D eigenvalue weighted by atomic mass is 10.0. The fraction of sp³-hybridized carbons (Fsp3) is 0.391. The number of benzene rings is 2. The van der Waals surface area contributed by atoms with E-state index in [0.717, 1.165) is 35.6 Å². The van der Waals surface area contributed by atoms with Crippen LogP contribution in [0.25, 0.3) is 21.8 Å². The second-order valence-corrected chi connectivity index (χ2v) is 7.44. The molecule has 2 aromatic carbocycles. The van der Waals surface area contributed by atoms with E-state index in [9.17, 15) is 0 Å². The van der Waals surface area contributed by atoms with Crippen LogP contribution in [0.5, 0.6) is 0 Å². The molecule has 0 spiro atoms. The third-order valence-corrected chi connectivity index (χ3v) is 5.04. The average molecular weight is 395 g/mol. The molecule has 3 rings (SSSR count). The zero-order valence-corrected chi connectivity index (χ0v) is 18.1. The van der Waals surface area contributed by atoms with Gasteiger partial charge in [0.1, 0.15) is 14.2 Å². The minimum atomic E-state index is 0.460. The second-order valence-electron chi connectivity index (χ2n) is 7.44. The molecule has 0 bridgehead atoms. The summed E-state index contributed by atoms with van der Waals surface area (Å²) in [5, 5.41) is 14.1. The van der Waals surface area contributed by atoms with Crippen LogP contribution in [0, 0.1) is 0 Å². The normalized spacial score (nSPS) is 12.9. The second kappa shape index (κ2) is 9.09. The molecule has 0 fully saturated rings. The fourth-order valence-electron chi connectivity index (χ4n) is 3.64. The Labute approximate surface area is 172 Å². The highest BCUT2D eigenvalue weighted by Gasteiger charge is 2.14. The van der Waals surface area contributed by atoms with Gasteiger partial charge in [0.2, 0.25) is 0 Å². The van der Waals surface area contributed by atoms with Crippen LogP contribution in [-0.2, 0) is 16.2 Å². The van der Waals surface area contributed by atoms with Gasteiger partial charge >= 0.3 is 0 Å². The summed E-state index contributed by atoms with van der Waals surface area (Å²) in [5.74, 6) is 0. The topological polar surface area (TPSA) is 60.1 Å². The van der Waals surface area contributed by atoms with Crippen molar-refractivity contribution in [3.63, 3.8) is 0 Å². The van der Waals surface area contributed by atoms with Crippen LogP contribution in [0.3, 0.4) is 0 Å². The minimum Gasteiger partial charge on any atom is -0.399 e. The lowest BCUT2D eigenvalue weighted by Crippen LogP contribution is -2.26. The zero-order valence-electron chi connectivity index (χ0n) is 18.1. The van der Waals surface area contributed by atoms with Crippen LogP contribution in [0.1, 0.15) is 38.8 Å². The first-order chi connectivity index (χ1) is 14.0. The van der Waals surface area contributed by atoms with Gasteiger partial charge in [0, 0.05) is 40.9 Å². The molecule has 0 aliphatic rings. The maximum Gasteiger partial charge on any atom is 0.106 e. The zero-order chi connectivity index (χ0) is 21.0. The molecular weight excluding hydrogens is 364 g/mol. The number of aromatic nitrogens is 1. The predicted octanol–water partition coefficient (Wildman–Crippen LogP) is 4.53. The molecule has 1 N–H and O–H groups in total. The number of nitrogens with zero attached hydrogens (tertiary/aromatic N) is 3. The Morgan fingerprint density at radius 1 is 0.897 bits per heavy atom. The monoisotopic (exact) mass is 394 g/mol. The van der Waals surface area contributed by atoms with E-state index in [0.29, 0.717) is 6.04 Å². The first-order valence-corrected chi connectivity index (χ1v) is 9.92. The SMILES string of the molecule is CO/N=C(\C)c1ccc2c(c1)c1cc(/C(C)=N/OC)ccc1n2CCNC(C)C. The van der Waals surface area contributed by atoms with Crippen LogP contribution in [-0.4, -0.2) is 42.8 Å². The summed E-state index contributed by atoms with van der Waals surface area (Å²) < 4.78 is 2.37. The molecule has 0 unspecified atom stereocenters. The van der Waals surface area contributed by atoms with Crippen molar-refractivity contribution in [2.75, 3.05) is 20.8 Å². The summed E-state index contributed by atoms with van der Waals surface area (Å²) in [6, 6.07) is 13.4. The molecule has 1 aromatic heterocycles. The summed E-state index contributed by atoms with van der Waals surface area (Å²) >= 11 is 0. The summed E-state index contributed by atoms with van der Waals surface area (Å²) in [6.07, 6.45) is 0. The molecule has 0 radical (unpaired) electrons. The Bertz CT molecular complexity index is 986. The maximum atomic E-state index is 4.96. The highest BCUT2D eigenvalue weighted by Crippen LogP contribution is 2.31. The molecule has 6 nitrogen and oxygen atoms in total. The van der Waals surface area contributed by atoms with Gasteiger partial charge < -0.3 is 19.6 Å². The van der Waals surface area contributed by atoms with Gasteiger partial charge in [-0.05, 0) is 49.2 Å². The smallest absolute Gasteiger partial charge is 0.106 e. The maximum absolute atomic E-state index is 4.96. The molecule has 0 amide bonds. The number of fused-ring (bicyclic) bond motifs is 3. The first-order valence-electron chi connectivity index (χ1n) is 9.92. The largest absolute Gasteiger partial charge is 0.399 e. The lowest BCUT2D eigenvalue weighted by molar-refractivity contribution is 0.213. The van der Waals surface area contributed by atoms with E-state index in [1.165, 1.54) is 21.8 Å². The highest BCUT2D eigenvalue weighted by atomic mass is 16.6. The molecule has 0 aliphatic heterocycles. The molecular formula is C23H30N4O2. The molecule has 6 heteroatoms. The summed E-state index contributed by atoms with van der Waals surface area (Å²) in [7, 11) is 3.14. The van der Waals surface area contributed by atoms with E-state index in [1.54, 1.807) is 14.2 Å². The van der Waals surface area contributed by atoms with Crippen molar-refractivity contribution in [3.8, 4) is 0 Å². The van der Waals surface area contributed by atoms with E-state index in [-0.39, 0.29) is 0 Å². The van der Waals surface area contributed by atoms with Crippen LogP contribution in [0.15, 0.2) is 46.7 Å². The van der Waals surface area contributed by atoms with Gasteiger partial charge in [-0.3, -0.25) is 0 Å². The molecule has 29 heavy (non-hydrogen) atoms. The third-order valence-electron chi connectivity index (χ3n) is 5.04. The number of oxime groups is 2. The molecule has 154 valence electrons. The van der Waals surface area contributed by atoms with Crippen LogP contribution < -0.4 is 5.32 Å². The van der Waals surface area contributed by atoms with Crippen molar-refractivity contribution in [3.05, 3.63) is 47.5 Å². The Balaban J connectivity index is 2.20. The molecule has 1 heterocycles. The van der Waals surface area contributed by atoms with Gasteiger partial charge in [0.25, 0.3) is 0 Å². The Morgan fingerprint density at radius 2 is 1.38 bits per heavy atom. The van der Waals surface area contributed by atoms with Crippen molar-refractivity contribution in [2.24, 2.45) is 10.3 Å². The van der Waals surface area contributed by atoms with Crippen LogP contribution >= 0.6 is 0 Å². The first kappa shape index (κ1) is 20.9. The fourth-order valence-corrected chi connectivity index (χ4v) is 3.64. The van der Waals surface area contributed by atoms with Gasteiger partial charge in [-0.1, -0.05) is 36.3 Å². The Morgan fingerprint density at radius 3 is 1.79 bits per heavy atom. The van der Waals surface area contributed by atoms with Gasteiger partial charge in [-0.2, -0.15) is 0 Å². The van der Waals surface area contributed by atoms with E-state index in [1.807, 2.05) is 13.8 Å². The van der Waals surface area contributed by atoms with E-state index < -0.39 is 0 Å². The van der Waals surface area contributed by atoms with Crippen molar-refractivity contribution in [1.29, 1.82) is 0 Å². The summed E-state index contributed by atoms with van der Waals surface area (Å²) in [4.78, 5) is 9.92. The lowest BCUT2D eigenvalue weighted by Gasteiger charge is -2.11. The number of hydrogen-bond acceptors (Lipinski definition) is 5. The van der Waals surface area contributed by atoms with Crippen molar-refractivity contribution >= 4 is 33.2 Å². The standard InChI is InChI=1S/C23H30N4O2/c1-15(2)24-11-12-27-22-9-7-18(16(3)25-28-5)13-20(22)21-14-19(8-10-23(21)27)17(4)26-29-6/h7-10,13-15,24H,11-12H2,1-6H3/b25-16+,26-17+. The minimum absolute atomic E-state index is 0.460. The molecule has 3 aromatic rings. The molecule has 0 saturated heterocycles. The number of rotatable bonds is 8. The van der Waals surface area contributed by atoms with Crippen molar-refractivity contribution in [2.45, 2.75) is 40.3 Å². The molecule has 0 aliphatic carbocycles. The predicted molar refractivity (Wildman–Crippen MR) is 121 cm³/mol. The average Bonchev–Trinajstić information content (AvgIpc) is 3.00. The van der Waals surface area contributed by atoms with Gasteiger partial charge in [-0.25, -0.2) is 0 Å². The van der Waals surface area contributed by atoms with Gasteiger partial charge in [0.15, 0.2) is 0 Å². The Hall–Kier alpha value is -2.86. The third kappa shape index (κ3) is 4.43. The number of nitrogens with one attached hydrogen (secondary N) is 1. The van der Waals surface area contributed by atoms with Gasteiger partial charge in [0.05, 0.1) is 11.4 Å². The van der Waals surface area contributed by atoms with E-state index >= 15 is 0 Å². The van der Waals surface area contributed by atoms with Crippen LogP contribution in [0.2, 0.25) is 0 Å². The quantitative estimate of drug-likeness (QED) is 0.451. The van der Waals surface area contributed by atoms with Crippen molar-refractivity contribution in [1.82, 2.24) is 9.88 Å². The van der Waals surface area contributed by atoms with Gasteiger partial charge in [-0.15, -0.1) is 0 Å². The Kier molecular flexibility index (Phi) is 6.54. The van der Waals surface area contributed by atoms with E-state index in [2.05, 4.69) is 70.4 Å². The molecule has 0 saturated carbocycles. The van der Waals surface area contributed by atoms with Crippen LogP contribution in [0.4, 0.5) is 0 Å². The van der Waals surface area contributed by atoms with Crippen molar-refractivity contribution < 1.29 is 9.68 Å². The number of hydrogen-bond donors (Lipinski definition) is 1.